The molecule has 1 atom stereocenters. The van der Waals surface area contributed by atoms with Crippen molar-refractivity contribution in [1.29, 1.82) is 0 Å². The molecule has 3 rings (SSSR count). The molecule has 2 aromatic rings. The Morgan fingerprint density at radius 2 is 1.95 bits per heavy atom. The first kappa shape index (κ1) is 14.2. The highest BCUT2D eigenvalue weighted by Gasteiger charge is 2.23. The maximum atomic E-state index is 13.2. The Hall–Kier alpha value is -0.770. The van der Waals surface area contributed by atoms with E-state index in [4.69, 9.17) is 23.2 Å². The molecule has 0 radical (unpaired) electrons. The number of rotatable bonds is 2. The first-order valence-corrected chi connectivity index (χ1v) is 7.79. The summed E-state index contributed by atoms with van der Waals surface area (Å²) >= 11 is 15.7. The zero-order valence-corrected chi connectivity index (χ0v) is 13.5. The van der Waals surface area contributed by atoms with Gasteiger partial charge in [-0.05, 0) is 64.2 Å². The van der Waals surface area contributed by atoms with E-state index in [0.29, 0.717) is 10.0 Å². The Kier molecular flexibility index (Phi) is 3.93. The van der Waals surface area contributed by atoms with Crippen LogP contribution in [-0.4, -0.2) is 0 Å². The van der Waals surface area contributed by atoms with Crippen LogP contribution in [0.3, 0.4) is 0 Å². The van der Waals surface area contributed by atoms with Gasteiger partial charge in [-0.15, -0.1) is 0 Å². The van der Waals surface area contributed by atoms with Crippen LogP contribution in [0.5, 0.6) is 0 Å². The average molecular weight is 375 g/mol. The maximum absolute atomic E-state index is 13.2. The number of hydrogen-bond acceptors (Lipinski definition) is 1. The van der Waals surface area contributed by atoms with Gasteiger partial charge in [-0.2, -0.15) is 0 Å². The van der Waals surface area contributed by atoms with Gasteiger partial charge in [0.15, 0.2) is 0 Å². The van der Waals surface area contributed by atoms with Crippen molar-refractivity contribution in [1.82, 2.24) is 0 Å². The van der Waals surface area contributed by atoms with Crippen molar-refractivity contribution >= 4 is 44.8 Å². The zero-order chi connectivity index (χ0) is 14.3. The van der Waals surface area contributed by atoms with E-state index in [2.05, 4.69) is 21.2 Å². The number of fused-ring (bicyclic) bond motifs is 1. The third-order valence-corrected chi connectivity index (χ3v) is 5.32. The lowest BCUT2D eigenvalue weighted by Crippen LogP contribution is -2.07. The molecule has 0 saturated heterocycles. The Bertz CT molecular complexity index is 675. The Balaban J connectivity index is 1.90. The topological polar surface area (TPSA) is 12.0 Å². The number of halogens is 4. The Morgan fingerprint density at radius 3 is 2.75 bits per heavy atom. The molecule has 1 aliphatic rings. The van der Waals surface area contributed by atoms with Crippen molar-refractivity contribution in [2.75, 3.05) is 5.32 Å². The second kappa shape index (κ2) is 5.55. The van der Waals surface area contributed by atoms with Crippen molar-refractivity contribution < 1.29 is 4.39 Å². The lowest BCUT2D eigenvalue weighted by atomic mass is 10.1. The predicted molar refractivity (Wildman–Crippen MR) is 85.2 cm³/mol. The quantitative estimate of drug-likeness (QED) is 0.636. The van der Waals surface area contributed by atoms with Crippen LogP contribution in [0, 0.1) is 5.82 Å². The van der Waals surface area contributed by atoms with Gasteiger partial charge < -0.3 is 5.32 Å². The molecule has 1 nitrogen and oxygen atoms in total. The molecular formula is C15H11BrCl2FN. The molecule has 104 valence electrons. The van der Waals surface area contributed by atoms with Gasteiger partial charge in [0.05, 0.1) is 21.8 Å². The van der Waals surface area contributed by atoms with Crippen LogP contribution in [0.25, 0.3) is 0 Å². The molecular weight excluding hydrogens is 364 g/mol. The molecule has 0 amide bonds. The third kappa shape index (κ3) is 2.54. The SMILES string of the molecule is Fc1ccc2c(c1)CCC2Nc1ccc(Br)c(Cl)c1Cl. The molecule has 1 aliphatic carbocycles. The highest BCUT2D eigenvalue weighted by molar-refractivity contribution is 9.10. The van der Waals surface area contributed by atoms with Crippen molar-refractivity contribution in [3.8, 4) is 0 Å². The molecule has 0 aliphatic heterocycles. The van der Waals surface area contributed by atoms with Crippen LogP contribution in [0.1, 0.15) is 23.6 Å². The molecule has 2 aromatic carbocycles. The monoisotopic (exact) mass is 373 g/mol. The molecule has 0 spiro atoms. The Morgan fingerprint density at radius 1 is 1.15 bits per heavy atom. The zero-order valence-electron chi connectivity index (χ0n) is 10.4. The molecule has 5 heteroatoms. The van der Waals surface area contributed by atoms with Gasteiger partial charge in [0, 0.05) is 4.47 Å². The second-order valence-corrected chi connectivity index (χ2v) is 6.41. The molecule has 0 heterocycles. The number of hydrogen-bond donors (Lipinski definition) is 1. The summed E-state index contributed by atoms with van der Waals surface area (Å²) in [4.78, 5) is 0. The van der Waals surface area contributed by atoms with Crippen LogP contribution in [0.4, 0.5) is 10.1 Å². The van der Waals surface area contributed by atoms with Crippen LogP contribution >= 0.6 is 39.1 Å². The van der Waals surface area contributed by atoms with Gasteiger partial charge in [0.2, 0.25) is 0 Å². The second-order valence-electron chi connectivity index (χ2n) is 4.80. The molecule has 20 heavy (non-hydrogen) atoms. The van der Waals surface area contributed by atoms with E-state index in [-0.39, 0.29) is 11.9 Å². The van der Waals surface area contributed by atoms with E-state index in [1.54, 1.807) is 6.07 Å². The maximum Gasteiger partial charge on any atom is 0.123 e. The minimum atomic E-state index is -0.186. The van der Waals surface area contributed by atoms with E-state index < -0.39 is 0 Å². The normalized spacial score (nSPS) is 17.1. The number of aryl methyl sites for hydroxylation is 1. The lowest BCUT2D eigenvalue weighted by molar-refractivity contribution is 0.626. The summed E-state index contributed by atoms with van der Waals surface area (Å²) in [5, 5.41) is 4.38. The van der Waals surface area contributed by atoms with Gasteiger partial charge in [0.25, 0.3) is 0 Å². The van der Waals surface area contributed by atoms with Crippen LogP contribution < -0.4 is 5.32 Å². The summed E-state index contributed by atoms with van der Waals surface area (Å²) in [5.74, 6) is -0.186. The number of benzene rings is 2. The summed E-state index contributed by atoms with van der Waals surface area (Å²) in [6, 6.07) is 8.82. The fraction of sp³-hybridized carbons (Fsp3) is 0.200. The largest absolute Gasteiger partial charge is 0.377 e. The standard InChI is InChI=1S/C15H11BrCl2FN/c16-11-4-6-13(15(18)14(11)17)20-12-5-1-8-7-9(19)2-3-10(8)12/h2-4,6-7,12,20H,1,5H2. The van der Waals surface area contributed by atoms with Crippen LogP contribution in [0.2, 0.25) is 10.0 Å². The Labute approximate surface area is 135 Å². The van der Waals surface area contributed by atoms with E-state index in [0.717, 1.165) is 34.1 Å². The predicted octanol–water partition coefficient (Wildman–Crippen LogP) is 5.99. The molecule has 1 unspecified atom stereocenters. The molecule has 0 aromatic heterocycles. The van der Waals surface area contributed by atoms with Gasteiger partial charge in [-0.25, -0.2) is 4.39 Å². The van der Waals surface area contributed by atoms with Gasteiger partial charge in [0.1, 0.15) is 5.82 Å². The van der Waals surface area contributed by atoms with E-state index in [1.165, 1.54) is 6.07 Å². The molecule has 1 N–H and O–H groups in total. The lowest BCUT2D eigenvalue weighted by Gasteiger charge is -2.17. The fourth-order valence-electron chi connectivity index (χ4n) is 2.56. The summed E-state index contributed by atoms with van der Waals surface area (Å²) < 4.78 is 14.0. The van der Waals surface area contributed by atoms with E-state index >= 15 is 0 Å². The van der Waals surface area contributed by atoms with Crippen LogP contribution in [-0.2, 0) is 6.42 Å². The van der Waals surface area contributed by atoms with Crippen molar-refractivity contribution in [2.24, 2.45) is 0 Å². The van der Waals surface area contributed by atoms with Crippen molar-refractivity contribution in [3.63, 3.8) is 0 Å². The number of anilines is 1. The van der Waals surface area contributed by atoms with Crippen molar-refractivity contribution in [2.45, 2.75) is 18.9 Å². The smallest absolute Gasteiger partial charge is 0.123 e. The fourth-order valence-corrected chi connectivity index (χ4v) is 3.39. The van der Waals surface area contributed by atoms with Crippen molar-refractivity contribution in [3.05, 3.63) is 61.8 Å². The van der Waals surface area contributed by atoms with E-state index in [1.807, 2.05) is 18.2 Å². The van der Waals surface area contributed by atoms with Gasteiger partial charge in [-0.3, -0.25) is 0 Å². The summed E-state index contributed by atoms with van der Waals surface area (Å²) in [6.07, 6.45) is 1.79. The highest BCUT2D eigenvalue weighted by atomic mass is 79.9. The highest BCUT2D eigenvalue weighted by Crippen LogP contribution is 2.40. The molecule has 0 bridgehead atoms. The summed E-state index contributed by atoms with van der Waals surface area (Å²) in [7, 11) is 0. The van der Waals surface area contributed by atoms with Crippen LogP contribution in [0.15, 0.2) is 34.8 Å². The first-order valence-electron chi connectivity index (χ1n) is 6.24. The number of nitrogens with one attached hydrogen (secondary N) is 1. The summed E-state index contributed by atoms with van der Waals surface area (Å²) in [6.45, 7) is 0. The molecule has 0 fully saturated rings. The third-order valence-electron chi connectivity index (χ3n) is 3.55. The minimum absolute atomic E-state index is 0.139. The molecule has 0 saturated carbocycles. The average Bonchev–Trinajstić information content (AvgIpc) is 2.82. The van der Waals surface area contributed by atoms with Gasteiger partial charge >= 0.3 is 0 Å². The summed E-state index contributed by atoms with van der Waals surface area (Å²) in [5.41, 5.74) is 2.98. The minimum Gasteiger partial charge on any atom is -0.377 e. The van der Waals surface area contributed by atoms with E-state index in [9.17, 15) is 4.39 Å². The first-order chi connectivity index (χ1) is 9.56. The van der Waals surface area contributed by atoms with Gasteiger partial charge in [-0.1, -0.05) is 29.3 Å².